The van der Waals surface area contributed by atoms with Crippen LogP contribution >= 0.6 is 0 Å². The van der Waals surface area contributed by atoms with Crippen molar-refractivity contribution in [3.05, 3.63) is 29.9 Å². The lowest BCUT2D eigenvalue weighted by Crippen LogP contribution is -2.14. The van der Waals surface area contributed by atoms with Gasteiger partial charge in [0, 0.05) is 13.1 Å². The van der Waals surface area contributed by atoms with Gasteiger partial charge in [0.05, 0.1) is 6.33 Å². The molecule has 0 aliphatic heterocycles. The van der Waals surface area contributed by atoms with E-state index in [9.17, 15) is 0 Å². The van der Waals surface area contributed by atoms with Gasteiger partial charge in [-0.1, -0.05) is 6.58 Å². The van der Waals surface area contributed by atoms with E-state index in [0.29, 0.717) is 13.1 Å². The molecule has 0 radical (unpaired) electrons. The second-order valence-electron chi connectivity index (χ2n) is 3.07. The molecular formula is C10H11N5. The van der Waals surface area contributed by atoms with E-state index in [2.05, 4.69) is 16.9 Å². The molecule has 1 rings (SSSR count). The predicted molar refractivity (Wildman–Crippen MR) is 54.7 cm³/mol. The summed E-state index contributed by atoms with van der Waals surface area (Å²) in [6, 6.07) is 3.83. The summed E-state index contributed by atoms with van der Waals surface area (Å²) in [6.45, 7) is 5.02. The van der Waals surface area contributed by atoms with E-state index in [1.54, 1.807) is 4.57 Å². The second kappa shape index (κ2) is 4.94. The minimum atomic E-state index is 0.162. The Morgan fingerprint density at radius 1 is 1.60 bits per heavy atom. The van der Waals surface area contributed by atoms with Crippen molar-refractivity contribution < 1.29 is 0 Å². The average molecular weight is 201 g/mol. The first-order chi connectivity index (χ1) is 7.22. The summed E-state index contributed by atoms with van der Waals surface area (Å²) >= 11 is 0. The van der Waals surface area contributed by atoms with Crippen molar-refractivity contribution in [2.75, 3.05) is 13.6 Å². The monoisotopic (exact) mass is 201 g/mol. The Balaban J connectivity index is 2.88. The Hall–Kier alpha value is -2.11. The zero-order valence-corrected chi connectivity index (χ0v) is 8.49. The largest absolute Gasteiger partial charge is 0.317 e. The lowest BCUT2D eigenvalue weighted by Gasteiger charge is -2.06. The molecule has 0 saturated heterocycles. The summed E-state index contributed by atoms with van der Waals surface area (Å²) in [4.78, 5) is 3.84. The smallest absolute Gasteiger partial charge is 0.176 e. The van der Waals surface area contributed by atoms with Crippen molar-refractivity contribution in [2.45, 2.75) is 6.54 Å². The Kier molecular flexibility index (Phi) is 3.61. The third kappa shape index (κ3) is 2.43. The van der Waals surface area contributed by atoms with Gasteiger partial charge in [0.2, 0.25) is 0 Å². The number of imidazole rings is 1. The Bertz CT molecular complexity index is 443. The van der Waals surface area contributed by atoms with Crippen molar-refractivity contribution in [2.24, 2.45) is 0 Å². The van der Waals surface area contributed by atoms with E-state index in [-0.39, 0.29) is 11.4 Å². The van der Waals surface area contributed by atoms with Gasteiger partial charge >= 0.3 is 0 Å². The number of hydrogen-bond acceptors (Lipinski definition) is 4. The van der Waals surface area contributed by atoms with Crippen LogP contribution in [0.15, 0.2) is 18.5 Å². The quantitative estimate of drug-likeness (QED) is 0.715. The zero-order chi connectivity index (χ0) is 11.3. The molecule has 0 aliphatic rings. The molecule has 5 nitrogen and oxygen atoms in total. The molecule has 0 amide bonds. The Labute approximate surface area is 88.3 Å². The number of rotatable bonds is 4. The normalized spacial score (nSPS) is 9.27. The van der Waals surface area contributed by atoms with Gasteiger partial charge in [0.25, 0.3) is 0 Å². The van der Waals surface area contributed by atoms with Gasteiger partial charge < -0.3 is 9.88 Å². The highest BCUT2D eigenvalue weighted by atomic mass is 15.1. The van der Waals surface area contributed by atoms with Gasteiger partial charge in [0.1, 0.15) is 12.1 Å². The molecule has 0 aliphatic carbocycles. The number of nitriles is 2. The molecule has 0 spiro atoms. The fourth-order valence-electron chi connectivity index (χ4n) is 1.25. The summed E-state index contributed by atoms with van der Waals surface area (Å²) in [5.74, 6) is 0. The number of nitrogens with zero attached hydrogens (tertiary/aromatic N) is 4. The van der Waals surface area contributed by atoms with Gasteiger partial charge in [-0.15, -0.1) is 0 Å². The molecule has 1 aromatic rings. The van der Waals surface area contributed by atoms with Crippen LogP contribution in [-0.2, 0) is 6.54 Å². The van der Waals surface area contributed by atoms with Crippen molar-refractivity contribution in [3.63, 3.8) is 0 Å². The van der Waals surface area contributed by atoms with E-state index in [0.717, 1.165) is 5.57 Å². The lowest BCUT2D eigenvalue weighted by molar-refractivity contribution is 0.728. The highest BCUT2D eigenvalue weighted by Crippen LogP contribution is 2.07. The molecule has 1 N–H and O–H groups in total. The van der Waals surface area contributed by atoms with Gasteiger partial charge in [-0.25, -0.2) is 4.98 Å². The van der Waals surface area contributed by atoms with Crippen molar-refractivity contribution in [3.8, 4) is 12.1 Å². The van der Waals surface area contributed by atoms with E-state index >= 15 is 0 Å². The van der Waals surface area contributed by atoms with Crippen LogP contribution < -0.4 is 5.32 Å². The van der Waals surface area contributed by atoms with Crippen LogP contribution in [0, 0.1) is 22.7 Å². The summed E-state index contributed by atoms with van der Waals surface area (Å²) in [6.07, 6.45) is 1.48. The van der Waals surface area contributed by atoms with E-state index in [1.165, 1.54) is 6.33 Å². The van der Waals surface area contributed by atoms with Crippen molar-refractivity contribution in [1.82, 2.24) is 14.9 Å². The fraction of sp³-hybridized carbons (Fsp3) is 0.300. The maximum atomic E-state index is 8.85. The van der Waals surface area contributed by atoms with Crippen LogP contribution in [0.5, 0.6) is 0 Å². The average Bonchev–Trinajstić information content (AvgIpc) is 2.60. The highest BCUT2D eigenvalue weighted by Gasteiger charge is 2.09. The topological polar surface area (TPSA) is 77.4 Å². The van der Waals surface area contributed by atoms with Crippen molar-refractivity contribution >= 4 is 0 Å². The summed E-state index contributed by atoms with van der Waals surface area (Å²) in [7, 11) is 1.82. The van der Waals surface area contributed by atoms with E-state index in [1.807, 2.05) is 19.2 Å². The maximum Gasteiger partial charge on any atom is 0.176 e. The fourth-order valence-corrected chi connectivity index (χ4v) is 1.25. The van der Waals surface area contributed by atoms with Crippen molar-refractivity contribution in [1.29, 1.82) is 10.5 Å². The van der Waals surface area contributed by atoms with Crippen LogP contribution in [0.4, 0.5) is 0 Å². The number of aromatic nitrogens is 2. The summed E-state index contributed by atoms with van der Waals surface area (Å²) in [5, 5.41) is 20.5. The first-order valence-electron chi connectivity index (χ1n) is 4.39. The third-order valence-electron chi connectivity index (χ3n) is 1.87. The molecule has 0 atom stereocenters. The van der Waals surface area contributed by atoms with Crippen LogP contribution in [0.2, 0.25) is 0 Å². The zero-order valence-electron chi connectivity index (χ0n) is 8.49. The molecule has 0 unspecified atom stereocenters. The molecule has 76 valence electrons. The first kappa shape index (κ1) is 11.0. The van der Waals surface area contributed by atoms with E-state index in [4.69, 9.17) is 10.5 Å². The van der Waals surface area contributed by atoms with Gasteiger partial charge in [-0.3, -0.25) is 0 Å². The van der Waals surface area contributed by atoms with Crippen LogP contribution in [0.3, 0.4) is 0 Å². The minimum absolute atomic E-state index is 0.162. The molecule has 5 heteroatoms. The van der Waals surface area contributed by atoms with Crippen LogP contribution in [0.25, 0.3) is 0 Å². The number of likely N-dealkylation sites (N-methyl/N-ethyl adjacent to an activating group) is 1. The summed E-state index contributed by atoms with van der Waals surface area (Å²) in [5.41, 5.74) is 1.38. The van der Waals surface area contributed by atoms with Gasteiger partial charge in [-0.05, 0) is 12.6 Å². The van der Waals surface area contributed by atoms with Crippen LogP contribution in [0.1, 0.15) is 11.4 Å². The second-order valence-corrected chi connectivity index (χ2v) is 3.07. The molecular weight excluding hydrogens is 190 g/mol. The molecule has 1 heterocycles. The SMILES string of the molecule is C=C(CNC)Cn1cnc(C#N)c1C#N. The maximum absolute atomic E-state index is 8.85. The minimum Gasteiger partial charge on any atom is -0.317 e. The van der Waals surface area contributed by atoms with Gasteiger partial charge in [0.15, 0.2) is 11.4 Å². The molecule has 15 heavy (non-hydrogen) atoms. The number of nitrogens with one attached hydrogen (secondary N) is 1. The molecule has 1 aromatic heterocycles. The molecule has 0 aromatic carbocycles. The Morgan fingerprint density at radius 2 is 2.33 bits per heavy atom. The molecule has 0 fully saturated rings. The first-order valence-corrected chi connectivity index (χ1v) is 4.39. The van der Waals surface area contributed by atoms with E-state index < -0.39 is 0 Å². The summed E-state index contributed by atoms with van der Waals surface area (Å²) < 4.78 is 1.62. The molecule has 0 bridgehead atoms. The lowest BCUT2D eigenvalue weighted by atomic mass is 10.3. The molecule has 0 saturated carbocycles. The van der Waals surface area contributed by atoms with Gasteiger partial charge in [-0.2, -0.15) is 10.5 Å². The van der Waals surface area contributed by atoms with Crippen LogP contribution in [-0.4, -0.2) is 23.1 Å². The highest BCUT2D eigenvalue weighted by molar-refractivity contribution is 5.36. The third-order valence-corrected chi connectivity index (χ3v) is 1.87. The standard InChI is InChI=1S/C10H11N5/c1-8(5-13-2)6-15-7-14-9(3-11)10(15)4-12/h7,13H,1,5-6H2,2H3. The Morgan fingerprint density at radius 3 is 2.87 bits per heavy atom. The predicted octanol–water partition coefficient (Wildman–Crippen LogP) is 0.402. The number of hydrogen-bond donors (Lipinski definition) is 1.